The van der Waals surface area contributed by atoms with Crippen molar-refractivity contribution in [2.45, 2.75) is 12.2 Å². The van der Waals surface area contributed by atoms with E-state index in [4.69, 9.17) is 5.11 Å². The third-order valence-electron chi connectivity index (χ3n) is 0.827. The molecular formula is C4H9BF3OS-. The molecule has 0 bridgehead atoms. The molecule has 1 nitrogen and oxygen atoms in total. The summed E-state index contributed by atoms with van der Waals surface area (Å²) in [6.07, 6.45) is 0. The standard InChI is InChI=1S/C4H9BF3OS/c1-4(2-9)10-3-5(6,7)8/h4,9H,2-3H2,1H3/q-1. The van der Waals surface area contributed by atoms with Gasteiger partial charge in [0.2, 0.25) is 0 Å². The number of hydrogen-bond acceptors (Lipinski definition) is 2. The van der Waals surface area contributed by atoms with Gasteiger partial charge >= 0.3 is 6.98 Å². The first-order chi connectivity index (χ1) is 4.45. The van der Waals surface area contributed by atoms with Crippen molar-refractivity contribution in [2.75, 3.05) is 12.3 Å². The van der Waals surface area contributed by atoms with Crippen LogP contribution in [0.4, 0.5) is 12.9 Å². The minimum Gasteiger partial charge on any atom is -0.448 e. The molecule has 0 amide bonds. The van der Waals surface area contributed by atoms with E-state index in [0.29, 0.717) is 0 Å². The zero-order valence-electron chi connectivity index (χ0n) is 5.56. The van der Waals surface area contributed by atoms with Crippen LogP contribution in [0.25, 0.3) is 0 Å². The quantitative estimate of drug-likeness (QED) is 0.649. The molecule has 1 unspecified atom stereocenters. The second-order valence-electron chi connectivity index (χ2n) is 2.04. The first kappa shape index (κ1) is 10.2. The third kappa shape index (κ3) is 6.29. The van der Waals surface area contributed by atoms with Gasteiger partial charge in [-0.05, 0) is 5.65 Å². The van der Waals surface area contributed by atoms with Gasteiger partial charge in [-0.3, -0.25) is 0 Å². The summed E-state index contributed by atoms with van der Waals surface area (Å²) in [5.74, 6) is 0. The van der Waals surface area contributed by atoms with Gasteiger partial charge in [0.1, 0.15) is 0 Å². The molecule has 0 saturated heterocycles. The molecule has 0 aromatic rings. The van der Waals surface area contributed by atoms with Crippen LogP contribution in [0.2, 0.25) is 0 Å². The minimum atomic E-state index is -4.69. The van der Waals surface area contributed by atoms with Gasteiger partial charge in [-0.1, -0.05) is 6.92 Å². The average Bonchev–Trinajstić information content (AvgIpc) is 1.81. The molecule has 0 aliphatic heterocycles. The van der Waals surface area contributed by atoms with Crippen LogP contribution in [0, 0.1) is 0 Å². The van der Waals surface area contributed by atoms with Gasteiger partial charge < -0.3 is 18.1 Å². The Morgan fingerprint density at radius 1 is 1.50 bits per heavy atom. The maximum Gasteiger partial charge on any atom is 0.488 e. The zero-order chi connectivity index (χ0) is 8.20. The minimum absolute atomic E-state index is 0.198. The summed E-state index contributed by atoms with van der Waals surface area (Å²) in [5.41, 5.74) is -0.818. The van der Waals surface area contributed by atoms with Gasteiger partial charge in [0, 0.05) is 5.25 Å². The summed E-state index contributed by atoms with van der Waals surface area (Å²) in [7, 11) is 0. The van der Waals surface area contributed by atoms with Crippen LogP contribution in [0.3, 0.4) is 0 Å². The molecule has 0 aromatic carbocycles. The van der Waals surface area contributed by atoms with Gasteiger partial charge in [0.15, 0.2) is 0 Å². The van der Waals surface area contributed by atoms with E-state index in [1.807, 2.05) is 0 Å². The van der Waals surface area contributed by atoms with E-state index in [1.54, 1.807) is 6.92 Å². The van der Waals surface area contributed by atoms with Gasteiger partial charge in [-0.2, -0.15) is 11.8 Å². The number of rotatable bonds is 4. The molecule has 1 atom stereocenters. The highest BCUT2D eigenvalue weighted by molar-refractivity contribution is 8.01. The molecule has 0 spiro atoms. The highest BCUT2D eigenvalue weighted by atomic mass is 32.2. The molecule has 1 N–H and O–H groups in total. The molecule has 0 aromatic heterocycles. The fourth-order valence-corrected chi connectivity index (χ4v) is 0.978. The monoisotopic (exact) mass is 173 g/mol. The molecule has 6 heteroatoms. The Morgan fingerprint density at radius 3 is 2.30 bits per heavy atom. The maximum atomic E-state index is 11.5. The highest BCUT2D eigenvalue weighted by Crippen LogP contribution is 2.19. The lowest BCUT2D eigenvalue weighted by Crippen LogP contribution is -2.21. The number of aliphatic hydroxyl groups is 1. The normalized spacial score (nSPS) is 15.3. The maximum absolute atomic E-state index is 11.5. The summed E-state index contributed by atoms with van der Waals surface area (Å²) < 4.78 is 34.5. The Balaban J connectivity index is 3.36. The molecule has 0 heterocycles. The molecule has 0 aliphatic rings. The van der Waals surface area contributed by atoms with E-state index in [0.717, 1.165) is 11.8 Å². The van der Waals surface area contributed by atoms with Crippen molar-refractivity contribution in [3.8, 4) is 0 Å². The molecular weight excluding hydrogens is 164 g/mol. The average molecular weight is 173 g/mol. The Bertz CT molecular complexity index is 97.0. The molecule has 0 fully saturated rings. The Morgan fingerprint density at radius 2 is 2.00 bits per heavy atom. The summed E-state index contributed by atoms with van der Waals surface area (Å²) >= 11 is 0.736. The van der Waals surface area contributed by atoms with E-state index < -0.39 is 12.6 Å². The molecule has 10 heavy (non-hydrogen) atoms. The fraction of sp³-hybridized carbons (Fsp3) is 1.00. The van der Waals surface area contributed by atoms with Crippen molar-refractivity contribution in [3.05, 3.63) is 0 Å². The van der Waals surface area contributed by atoms with E-state index in [-0.39, 0.29) is 11.9 Å². The summed E-state index contributed by atoms with van der Waals surface area (Å²) in [6, 6.07) is 0. The van der Waals surface area contributed by atoms with Crippen LogP contribution in [-0.2, 0) is 0 Å². The topological polar surface area (TPSA) is 20.2 Å². The zero-order valence-corrected chi connectivity index (χ0v) is 6.37. The Labute approximate surface area is 62.1 Å². The van der Waals surface area contributed by atoms with Crippen LogP contribution in [0.15, 0.2) is 0 Å². The second kappa shape index (κ2) is 4.13. The molecule has 62 valence electrons. The van der Waals surface area contributed by atoms with Gasteiger partial charge in [0.05, 0.1) is 6.61 Å². The SMILES string of the molecule is CC(CO)SC[B-](F)(F)F. The van der Waals surface area contributed by atoms with Crippen molar-refractivity contribution < 1.29 is 18.1 Å². The number of aliphatic hydroxyl groups excluding tert-OH is 1. The highest BCUT2D eigenvalue weighted by Gasteiger charge is 2.23. The van der Waals surface area contributed by atoms with Crippen LogP contribution in [0.5, 0.6) is 0 Å². The summed E-state index contributed by atoms with van der Waals surface area (Å²) in [4.78, 5) is 0. The largest absolute Gasteiger partial charge is 0.488 e. The molecule has 0 saturated carbocycles. The van der Waals surface area contributed by atoms with E-state index in [1.165, 1.54) is 0 Å². The van der Waals surface area contributed by atoms with E-state index >= 15 is 0 Å². The van der Waals surface area contributed by atoms with Gasteiger partial charge in [-0.15, -0.1) is 0 Å². The van der Waals surface area contributed by atoms with Gasteiger partial charge in [-0.25, -0.2) is 0 Å². The van der Waals surface area contributed by atoms with Crippen LogP contribution in [0.1, 0.15) is 6.92 Å². The molecule has 0 aliphatic carbocycles. The van der Waals surface area contributed by atoms with E-state index in [9.17, 15) is 12.9 Å². The lowest BCUT2D eigenvalue weighted by molar-refractivity contribution is 0.300. The lowest BCUT2D eigenvalue weighted by atomic mass is 9.98. The number of hydrogen-bond donors (Lipinski definition) is 1. The van der Waals surface area contributed by atoms with E-state index in [2.05, 4.69) is 0 Å². The molecule has 0 rings (SSSR count). The Kier molecular flexibility index (Phi) is 4.20. The van der Waals surface area contributed by atoms with Crippen molar-refractivity contribution in [2.24, 2.45) is 0 Å². The Hall–Kier alpha value is 0.165. The first-order valence-corrected chi connectivity index (χ1v) is 3.94. The fourth-order valence-electron chi connectivity index (χ4n) is 0.326. The number of halogens is 3. The van der Waals surface area contributed by atoms with Crippen molar-refractivity contribution in [3.63, 3.8) is 0 Å². The van der Waals surface area contributed by atoms with Crippen molar-refractivity contribution in [1.29, 1.82) is 0 Å². The van der Waals surface area contributed by atoms with Crippen LogP contribution >= 0.6 is 11.8 Å². The second-order valence-corrected chi connectivity index (χ2v) is 3.51. The van der Waals surface area contributed by atoms with Crippen LogP contribution in [-0.4, -0.2) is 29.6 Å². The summed E-state index contributed by atoms with van der Waals surface area (Å²) in [5, 5.41) is 8.03. The smallest absolute Gasteiger partial charge is 0.448 e. The molecule has 0 radical (unpaired) electrons. The predicted molar refractivity (Wildman–Crippen MR) is 38.1 cm³/mol. The number of thioether (sulfide) groups is 1. The third-order valence-corrected chi connectivity index (χ3v) is 2.12. The summed E-state index contributed by atoms with van der Waals surface area (Å²) in [6.45, 7) is -3.32. The predicted octanol–water partition coefficient (Wildman–Crippen LogP) is 1.49. The van der Waals surface area contributed by atoms with Crippen LogP contribution < -0.4 is 0 Å². The lowest BCUT2D eigenvalue weighted by Gasteiger charge is -2.15. The van der Waals surface area contributed by atoms with Crippen molar-refractivity contribution in [1.82, 2.24) is 0 Å². The van der Waals surface area contributed by atoms with Gasteiger partial charge in [0.25, 0.3) is 0 Å². The van der Waals surface area contributed by atoms with Crippen molar-refractivity contribution >= 4 is 18.7 Å². The first-order valence-electron chi connectivity index (χ1n) is 2.89.